The summed E-state index contributed by atoms with van der Waals surface area (Å²) in [5, 5.41) is 46.0. The third kappa shape index (κ3) is 27.0. The number of hydrogen-bond acceptors (Lipinski definition) is 19. The van der Waals surface area contributed by atoms with Crippen molar-refractivity contribution < 1.29 is 97.0 Å². The summed E-state index contributed by atoms with van der Waals surface area (Å²) in [6.07, 6.45) is 19.6. The Hall–Kier alpha value is -11.3. The summed E-state index contributed by atoms with van der Waals surface area (Å²) < 4.78 is 37.3. The second-order valence-electron chi connectivity index (χ2n) is 22.9. The number of phenols is 4. The van der Waals surface area contributed by atoms with Gasteiger partial charge >= 0.3 is 47.8 Å². The predicted molar refractivity (Wildman–Crippen MR) is 369 cm³/mol. The van der Waals surface area contributed by atoms with Crippen LogP contribution in [0.1, 0.15) is 212 Å². The minimum Gasteiger partial charge on any atom is -0.508 e. The van der Waals surface area contributed by atoms with E-state index in [0.717, 1.165) is 64.2 Å². The largest absolute Gasteiger partial charge is 0.508 e. The smallest absolute Gasteiger partial charge is 0.343 e. The van der Waals surface area contributed by atoms with Crippen LogP contribution in [0.3, 0.4) is 0 Å². The molecule has 9 rings (SSSR count). The van der Waals surface area contributed by atoms with Crippen LogP contribution in [0, 0.1) is 0 Å². The molecular weight excluding hydrogens is 1270 g/mol. The number of aromatic carboxylic acids is 1. The van der Waals surface area contributed by atoms with Gasteiger partial charge in [-0.1, -0.05) is 139 Å². The number of para-hydroxylation sites is 4. The minimum absolute atomic E-state index is 0.0203. The van der Waals surface area contributed by atoms with Crippen LogP contribution in [-0.4, -0.2) is 92.6 Å². The quantitative estimate of drug-likeness (QED) is 0.0132. The Kier molecular flexibility index (Phi) is 32.8. The highest BCUT2D eigenvalue weighted by Gasteiger charge is 2.24. The van der Waals surface area contributed by atoms with Crippen LogP contribution in [0.2, 0.25) is 0 Å². The molecule has 0 amide bonds. The first-order valence-corrected chi connectivity index (χ1v) is 33.1. The fourth-order valence-corrected chi connectivity index (χ4v) is 9.76. The summed E-state index contributed by atoms with van der Waals surface area (Å²) in [6.45, 7) is 5.07. The van der Waals surface area contributed by atoms with Gasteiger partial charge in [0.15, 0.2) is 0 Å². The van der Waals surface area contributed by atoms with Crippen LogP contribution in [-0.2, 0) is 14.2 Å². The van der Waals surface area contributed by atoms with Gasteiger partial charge in [-0.25, -0.2) is 38.4 Å². The lowest BCUT2D eigenvalue weighted by atomic mass is 9.98. The number of carbonyl (C=O) groups excluding carboxylic acids is 7. The van der Waals surface area contributed by atoms with Gasteiger partial charge in [0.2, 0.25) is 0 Å². The highest BCUT2D eigenvalue weighted by atomic mass is 16.6. The molecule has 8 aromatic carbocycles. The van der Waals surface area contributed by atoms with Crippen molar-refractivity contribution in [2.24, 2.45) is 0 Å². The third-order valence-corrected chi connectivity index (χ3v) is 15.2. The zero-order valence-corrected chi connectivity index (χ0v) is 55.6. The first kappa shape index (κ1) is 76.7. The van der Waals surface area contributed by atoms with Crippen LogP contribution < -0.4 is 18.9 Å². The van der Waals surface area contributed by atoms with Crippen molar-refractivity contribution in [3.8, 4) is 46.0 Å². The standard InChI is InChI=1S/C23H28O5.C22H26O5.C20H20O5.C14H10O5/c1-2-3-4-5-6-7-10-17-27-23(26)20-11-8-9-12-21(20)28-22(25)18-13-15-19(24)16-14-18;1-2-3-4-5-6-9-16-26-22(25)19-10-7-8-11-20(19)27-21(24)17-12-14-18(23)15-13-17;21-15-12-10-14(11-13-15)19(22)25-18-9-5-4-8-17(18)20(23)24-16-6-2-1-3-7-16;15-10-7-5-9(6-8-10)14(18)19-12-4-2-1-3-11(12)13(16)17/h8-9,11-16,24H,2-7,10,17H2,1H3;7-8,10-15,23H,2-6,9,16H2,1H3;4-5,8-13,16,21H,1-3,6-7H2;1-8,15H,(H,16,17). The van der Waals surface area contributed by atoms with Crippen LogP contribution in [0.25, 0.3) is 0 Å². The number of ether oxygens (including phenoxy) is 7. The molecule has 99 heavy (non-hydrogen) atoms. The molecule has 1 fully saturated rings. The average molecular weight is 1350 g/mol. The van der Waals surface area contributed by atoms with E-state index < -0.39 is 47.8 Å². The van der Waals surface area contributed by atoms with E-state index in [1.165, 1.54) is 161 Å². The number of carbonyl (C=O) groups is 8. The molecule has 20 nitrogen and oxygen atoms in total. The Labute approximate surface area is 575 Å². The summed E-state index contributed by atoms with van der Waals surface area (Å²) in [7, 11) is 0. The molecule has 1 aliphatic carbocycles. The first-order chi connectivity index (χ1) is 47.9. The maximum atomic E-state index is 12.4. The van der Waals surface area contributed by atoms with Crippen LogP contribution in [0.4, 0.5) is 0 Å². The zero-order valence-electron chi connectivity index (χ0n) is 55.6. The molecule has 0 aliphatic heterocycles. The summed E-state index contributed by atoms with van der Waals surface area (Å²) in [5.74, 6) is -4.47. The Morgan fingerprint density at radius 3 is 0.879 bits per heavy atom. The van der Waals surface area contributed by atoms with Gasteiger partial charge in [-0.2, -0.15) is 0 Å². The number of benzene rings is 8. The number of carboxylic acids is 1. The molecule has 0 spiro atoms. The molecule has 8 aromatic rings. The number of hydrogen-bond donors (Lipinski definition) is 5. The van der Waals surface area contributed by atoms with E-state index in [9.17, 15) is 53.7 Å². The number of esters is 7. The van der Waals surface area contributed by atoms with Crippen LogP contribution >= 0.6 is 0 Å². The number of unbranched alkanes of at least 4 members (excludes halogenated alkanes) is 11. The van der Waals surface area contributed by atoms with E-state index in [1.54, 1.807) is 84.9 Å². The molecule has 0 heterocycles. The Morgan fingerprint density at radius 2 is 0.576 bits per heavy atom. The minimum atomic E-state index is -1.17. The Balaban J connectivity index is 0.000000210. The molecule has 20 heteroatoms. The van der Waals surface area contributed by atoms with Crippen LogP contribution in [0.15, 0.2) is 194 Å². The molecule has 520 valence electrons. The second kappa shape index (κ2) is 42.3. The van der Waals surface area contributed by atoms with E-state index in [1.807, 2.05) is 0 Å². The lowest BCUT2D eigenvalue weighted by Gasteiger charge is -2.22. The van der Waals surface area contributed by atoms with Gasteiger partial charge in [-0.15, -0.1) is 0 Å². The number of phenolic OH excluding ortho intramolecular Hbond substituents is 4. The van der Waals surface area contributed by atoms with Gasteiger partial charge in [-0.05, 0) is 184 Å². The van der Waals surface area contributed by atoms with Crippen molar-refractivity contribution in [3.05, 3.63) is 239 Å². The van der Waals surface area contributed by atoms with Crippen molar-refractivity contribution in [1.82, 2.24) is 0 Å². The van der Waals surface area contributed by atoms with Crippen molar-refractivity contribution in [3.63, 3.8) is 0 Å². The Bertz CT molecular complexity index is 3860. The molecule has 0 aromatic heterocycles. The fourth-order valence-electron chi connectivity index (χ4n) is 9.76. The van der Waals surface area contributed by atoms with Gasteiger partial charge in [0.1, 0.15) is 74.4 Å². The highest BCUT2D eigenvalue weighted by Crippen LogP contribution is 2.28. The molecule has 0 saturated heterocycles. The summed E-state index contributed by atoms with van der Waals surface area (Å²) >= 11 is 0. The molecule has 5 N–H and O–H groups in total. The molecule has 0 atom stereocenters. The lowest BCUT2D eigenvalue weighted by Crippen LogP contribution is -2.21. The van der Waals surface area contributed by atoms with Crippen molar-refractivity contribution in [2.75, 3.05) is 13.2 Å². The monoisotopic (exact) mass is 1350 g/mol. The van der Waals surface area contributed by atoms with E-state index >= 15 is 0 Å². The fraction of sp³-hybridized carbons (Fsp3) is 0.291. The van der Waals surface area contributed by atoms with E-state index in [4.69, 9.17) is 43.4 Å². The maximum Gasteiger partial charge on any atom is 0.343 e. The molecule has 0 bridgehead atoms. The SMILES string of the molecule is CCCCCCCCCOC(=O)c1ccccc1OC(=O)c1ccc(O)cc1.CCCCCCCCOC(=O)c1ccccc1OC(=O)c1ccc(O)cc1.O=C(Oc1ccccc1C(=O)O)c1ccc(O)cc1.O=C(Oc1ccccc1C(=O)OC1CCCCC1)c1ccc(O)cc1. The third-order valence-electron chi connectivity index (χ3n) is 15.2. The van der Waals surface area contributed by atoms with Crippen molar-refractivity contribution >= 4 is 47.8 Å². The summed E-state index contributed by atoms with van der Waals surface area (Å²) in [4.78, 5) is 96.6. The molecule has 0 radical (unpaired) electrons. The van der Waals surface area contributed by atoms with Crippen molar-refractivity contribution in [1.29, 1.82) is 0 Å². The normalized spacial score (nSPS) is 11.4. The molecule has 1 aliphatic rings. The number of carboxylic acid groups (broad SMARTS) is 1. The summed E-state index contributed by atoms with van der Waals surface area (Å²) in [5.41, 5.74) is 1.65. The summed E-state index contributed by atoms with van der Waals surface area (Å²) in [6, 6.07) is 48.1. The molecular formula is C79H84O20. The van der Waals surface area contributed by atoms with Gasteiger partial charge in [0.25, 0.3) is 0 Å². The maximum absolute atomic E-state index is 12.4. The van der Waals surface area contributed by atoms with E-state index in [2.05, 4.69) is 13.8 Å². The molecule has 1 saturated carbocycles. The topological polar surface area (TPSA) is 302 Å². The predicted octanol–water partition coefficient (Wildman–Crippen LogP) is 17.1. The van der Waals surface area contributed by atoms with Gasteiger partial charge in [0, 0.05) is 0 Å². The van der Waals surface area contributed by atoms with Gasteiger partial charge in [0.05, 0.1) is 35.5 Å². The van der Waals surface area contributed by atoms with E-state index in [-0.39, 0.29) is 96.6 Å². The second-order valence-corrected chi connectivity index (χ2v) is 22.9. The lowest BCUT2D eigenvalue weighted by molar-refractivity contribution is 0.0206. The Morgan fingerprint density at radius 1 is 0.313 bits per heavy atom. The number of aromatic hydroxyl groups is 4. The first-order valence-electron chi connectivity index (χ1n) is 33.1. The van der Waals surface area contributed by atoms with Crippen molar-refractivity contribution in [2.45, 2.75) is 136 Å². The highest BCUT2D eigenvalue weighted by molar-refractivity contribution is 5.99. The zero-order chi connectivity index (χ0) is 71.2. The molecule has 0 unspecified atom stereocenters. The van der Waals surface area contributed by atoms with Crippen LogP contribution in [0.5, 0.6) is 46.0 Å². The van der Waals surface area contributed by atoms with Gasteiger partial charge in [-0.3, -0.25) is 0 Å². The average Bonchev–Trinajstić information content (AvgIpc) is 0.878. The van der Waals surface area contributed by atoms with Gasteiger partial charge < -0.3 is 58.7 Å². The number of rotatable bonds is 28. The van der Waals surface area contributed by atoms with E-state index in [0.29, 0.717) is 13.2 Å².